The number of hydrazine groups is 1. The van der Waals surface area contributed by atoms with Gasteiger partial charge >= 0.3 is 5.97 Å². The highest BCUT2D eigenvalue weighted by Crippen LogP contribution is 2.32. The van der Waals surface area contributed by atoms with Gasteiger partial charge < -0.3 is 5.11 Å². The average molecular weight is 248 g/mol. The van der Waals surface area contributed by atoms with Gasteiger partial charge in [0.2, 0.25) is 0 Å². The van der Waals surface area contributed by atoms with Crippen LogP contribution in [0, 0.1) is 5.92 Å². The molecule has 1 aromatic rings. The van der Waals surface area contributed by atoms with Gasteiger partial charge in [-0.1, -0.05) is 50.1 Å². The van der Waals surface area contributed by atoms with Gasteiger partial charge in [-0.2, -0.15) is 0 Å². The first-order valence-corrected chi connectivity index (χ1v) is 6.53. The topological polar surface area (TPSA) is 61.4 Å². The number of nitrogens with one attached hydrogen (secondary N) is 2. The maximum absolute atomic E-state index is 11.2. The minimum absolute atomic E-state index is 0.0823. The highest BCUT2D eigenvalue weighted by atomic mass is 16.4. The van der Waals surface area contributed by atoms with Crippen molar-refractivity contribution in [3.05, 3.63) is 35.9 Å². The molecule has 3 atom stereocenters. The van der Waals surface area contributed by atoms with Crippen molar-refractivity contribution in [2.45, 2.75) is 38.3 Å². The molecule has 1 aromatic carbocycles. The fourth-order valence-corrected chi connectivity index (χ4v) is 2.60. The Bertz CT molecular complexity index is 394. The third-order valence-electron chi connectivity index (χ3n) is 3.57. The second kappa shape index (κ2) is 5.98. The Labute approximate surface area is 107 Å². The van der Waals surface area contributed by atoms with Crippen LogP contribution in [0.25, 0.3) is 0 Å². The average Bonchev–Trinajstić information content (AvgIpc) is 2.81. The van der Waals surface area contributed by atoms with Crippen LogP contribution < -0.4 is 10.9 Å². The summed E-state index contributed by atoms with van der Waals surface area (Å²) >= 11 is 0. The molecule has 98 valence electrons. The molecular formula is C14H20N2O2. The van der Waals surface area contributed by atoms with Crippen molar-refractivity contribution in [3.8, 4) is 0 Å². The standard InChI is InChI=1S/C14H20N2O2/c1-2-3-9-11-12(10-7-5-4-6-8-10)15-16-13(11)14(17)18/h4-8,11-13,15-16H,2-3,9H2,1H3,(H,17,18). The molecular weight excluding hydrogens is 228 g/mol. The summed E-state index contributed by atoms with van der Waals surface area (Å²) in [5, 5.41) is 9.25. The molecule has 3 N–H and O–H groups in total. The minimum Gasteiger partial charge on any atom is -0.480 e. The number of carboxylic acids is 1. The maximum Gasteiger partial charge on any atom is 0.322 e. The Balaban J connectivity index is 2.16. The van der Waals surface area contributed by atoms with Gasteiger partial charge in [-0.05, 0) is 12.0 Å². The molecule has 2 rings (SSSR count). The predicted molar refractivity (Wildman–Crippen MR) is 69.9 cm³/mol. The predicted octanol–water partition coefficient (Wildman–Crippen LogP) is 2.10. The lowest BCUT2D eigenvalue weighted by molar-refractivity contribution is -0.140. The molecule has 4 nitrogen and oxygen atoms in total. The van der Waals surface area contributed by atoms with Gasteiger partial charge in [-0.25, -0.2) is 10.9 Å². The van der Waals surface area contributed by atoms with Gasteiger partial charge in [0.1, 0.15) is 6.04 Å². The van der Waals surface area contributed by atoms with Crippen molar-refractivity contribution >= 4 is 5.97 Å². The second-order valence-electron chi connectivity index (χ2n) is 4.80. The van der Waals surface area contributed by atoms with Crippen molar-refractivity contribution in [3.63, 3.8) is 0 Å². The molecule has 0 saturated carbocycles. The number of benzene rings is 1. The quantitative estimate of drug-likeness (QED) is 0.746. The maximum atomic E-state index is 11.2. The summed E-state index contributed by atoms with van der Waals surface area (Å²) in [7, 11) is 0. The molecule has 1 saturated heterocycles. The molecule has 1 aliphatic heterocycles. The zero-order valence-electron chi connectivity index (χ0n) is 10.6. The first-order valence-electron chi connectivity index (χ1n) is 6.53. The van der Waals surface area contributed by atoms with Crippen LogP contribution in [0.2, 0.25) is 0 Å². The smallest absolute Gasteiger partial charge is 0.322 e. The molecule has 0 amide bonds. The number of hydrogen-bond acceptors (Lipinski definition) is 3. The number of unbranched alkanes of at least 4 members (excludes halogenated alkanes) is 1. The molecule has 0 aromatic heterocycles. The third-order valence-corrected chi connectivity index (χ3v) is 3.57. The van der Waals surface area contributed by atoms with Crippen LogP contribution in [0.1, 0.15) is 37.8 Å². The second-order valence-corrected chi connectivity index (χ2v) is 4.80. The first-order chi connectivity index (χ1) is 8.74. The monoisotopic (exact) mass is 248 g/mol. The molecule has 1 aliphatic rings. The van der Waals surface area contributed by atoms with Crippen LogP contribution in [0.4, 0.5) is 0 Å². The van der Waals surface area contributed by atoms with Crippen LogP contribution in [-0.4, -0.2) is 17.1 Å². The molecule has 0 spiro atoms. The van der Waals surface area contributed by atoms with Crippen molar-refractivity contribution in [1.82, 2.24) is 10.9 Å². The zero-order chi connectivity index (χ0) is 13.0. The van der Waals surface area contributed by atoms with Gasteiger partial charge in [-0.15, -0.1) is 0 Å². The van der Waals surface area contributed by atoms with Crippen LogP contribution in [0.15, 0.2) is 30.3 Å². The third kappa shape index (κ3) is 2.71. The highest BCUT2D eigenvalue weighted by Gasteiger charge is 2.40. The highest BCUT2D eigenvalue weighted by molar-refractivity contribution is 5.74. The Morgan fingerprint density at radius 2 is 2.00 bits per heavy atom. The number of carbonyl (C=O) groups is 1. The van der Waals surface area contributed by atoms with E-state index in [-0.39, 0.29) is 12.0 Å². The Kier molecular flexibility index (Phi) is 4.33. The van der Waals surface area contributed by atoms with E-state index in [1.54, 1.807) is 0 Å². The Hall–Kier alpha value is -1.39. The summed E-state index contributed by atoms with van der Waals surface area (Å²) in [5.41, 5.74) is 7.19. The van der Waals surface area contributed by atoms with E-state index in [1.165, 1.54) is 0 Å². The van der Waals surface area contributed by atoms with Crippen molar-refractivity contribution in [1.29, 1.82) is 0 Å². The summed E-state index contributed by atoms with van der Waals surface area (Å²) in [6.07, 6.45) is 3.07. The van der Waals surface area contributed by atoms with Crippen molar-refractivity contribution < 1.29 is 9.90 Å². The van der Waals surface area contributed by atoms with E-state index >= 15 is 0 Å². The number of aliphatic carboxylic acids is 1. The number of rotatable bonds is 5. The largest absolute Gasteiger partial charge is 0.480 e. The van der Waals surface area contributed by atoms with E-state index in [0.717, 1.165) is 24.8 Å². The summed E-state index contributed by atoms with van der Waals surface area (Å²) in [6, 6.07) is 9.62. The van der Waals surface area contributed by atoms with E-state index < -0.39 is 12.0 Å². The lowest BCUT2D eigenvalue weighted by Crippen LogP contribution is -2.38. The fourth-order valence-electron chi connectivity index (χ4n) is 2.60. The number of carboxylic acid groups (broad SMARTS) is 1. The van der Waals surface area contributed by atoms with Gasteiger partial charge in [0.05, 0.1) is 6.04 Å². The molecule has 0 bridgehead atoms. The molecule has 0 radical (unpaired) electrons. The first kappa shape index (κ1) is 13.1. The van der Waals surface area contributed by atoms with Gasteiger partial charge in [0.15, 0.2) is 0 Å². The molecule has 0 aliphatic carbocycles. The number of hydrogen-bond donors (Lipinski definition) is 3. The summed E-state index contributed by atoms with van der Waals surface area (Å²) in [5.74, 6) is -0.674. The zero-order valence-corrected chi connectivity index (χ0v) is 10.6. The van der Waals surface area contributed by atoms with E-state index in [0.29, 0.717) is 0 Å². The van der Waals surface area contributed by atoms with Crippen LogP contribution in [0.5, 0.6) is 0 Å². The van der Waals surface area contributed by atoms with Gasteiger partial charge in [0.25, 0.3) is 0 Å². The summed E-state index contributed by atoms with van der Waals surface area (Å²) < 4.78 is 0. The van der Waals surface area contributed by atoms with Crippen LogP contribution >= 0.6 is 0 Å². The van der Waals surface area contributed by atoms with Crippen LogP contribution in [0.3, 0.4) is 0 Å². The molecule has 18 heavy (non-hydrogen) atoms. The lowest BCUT2D eigenvalue weighted by atomic mass is 9.85. The Morgan fingerprint density at radius 3 is 2.61 bits per heavy atom. The molecule has 1 fully saturated rings. The van der Waals surface area contributed by atoms with E-state index in [9.17, 15) is 9.90 Å². The van der Waals surface area contributed by atoms with E-state index in [2.05, 4.69) is 17.8 Å². The van der Waals surface area contributed by atoms with E-state index in [1.807, 2.05) is 30.3 Å². The van der Waals surface area contributed by atoms with Gasteiger partial charge in [-0.3, -0.25) is 4.79 Å². The van der Waals surface area contributed by atoms with Gasteiger partial charge in [0, 0.05) is 5.92 Å². The Morgan fingerprint density at radius 1 is 1.28 bits per heavy atom. The molecule has 1 heterocycles. The summed E-state index contributed by atoms with van der Waals surface area (Å²) in [4.78, 5) is 11.2. The van der Waals surface area contributed by atoms with Crippen molar-refractivity contribution in [2.75, 3.05) is 0 Å². The normalized spacial score (nSPS) is 27.3. The molecule has 3 unspecified atom stereocenters. The van der Waals surface area contributed by atoms with E-state index in [4.69, 9.17) is 0 Å². The lowest BCUT2D eigenvalue weighted by Gasteiger charge is -2.21. The van der Waals surface area contributed by atoms with Crippen molar-refractivity contribution in [2.24, 2.45) is 5.92 Å². The molecule has 4 heteroatoms. The van der Waals surface area contributed by atoms with Crippen LogP contribution in [-0.2, 0) is 4.79 Å². The fraction of sp³-hybridized carbons (Fsp3) is 0.500. The summed E-state index contributed by atoms with van der Waals surface area (Å²) in [6.45, 7) is 2.13. The minimum atomic E-state index is -0.776. The SMILES string of the molecule is CCCCC1C(C(=O)O)NNC1c1ccccc1.